The third kappa shape index (κ3) is 5.46. The minimum Gasteiger partial charge on any atom is -0.496 e. The summed E-state index contributed by atoms with van der Waals surface area (Å²) < 4.78 is 5.37. The number of methoxy groups -OCH3 is 1. The van der Waals surface area contributed by atoms with Gasteiger partial charge in [0.1, 0.15) is 5.75 Å². The van der Waals surface area contributed by atoms with Gasteiger partial charge in [0, 0.05) is 16.3 Å². The van der Waals surface area contributed by atoms with E-state index in [9.17, 15) is 4.79 Å². The van der Waals surface area contributed by atoms with Gasteiger partial charge >= 0.3 is 0 Å². The van der Waals surface area contributed by atoms with Gasteiger partial charge in [-0.3, -0.25) is 4.79 Å². The zero-order valence-corrected chi connectivity index (χ0v) is 15.7. The molecular weight excluding hydrogens is 342 g/mol. The summed E-state index contributed by atoms with van der Waals surface area (Å²) in [7, 11) is 1.67. The van der Waals surface area contributed by atoms with E-state index in [2.05, 4.69) is 11.4 Å². The van der Waals surface area contributed by atoms with E-state index < -0.39 is 0 Å². The Balaban J connectivity index is 1.83. The molecule has 1 amide bonds. The summed E-state index contributed by atoms with van der Waals surface area (Å²) >= 11 is 7.46. The third-order valence-corrected chi connectivity index (χ3v) is 4.91. The molecule has 128 valence electrons. The summed E-state index contributed by atoms with van der Waals surface area (Å²) in [5.74, 6) is 2.04. The van der Waals surface area contributed by atoms with Crippen molar-refractivity contribution in [2.75, 3.05) is 12.9 Å². The van der Waals surface area contributed by atoms with Crippen LogP contribution in [0.2, 0.25) is 5.02 Å². The lowest BCUT2D eigenvalue weighted by atomic mass is 10.1. The van der Waals surface area contributed by atoms with Gasteiger partial charge in [0.05, 0.1) is 18.9 Å². The maximum Gasteiger partial charge on any atom is 0.230 e. The Labute approximate surface area is 152 Å². The van der Waals surface area contributed by atoms with Crippen LogP contribution in [0.4, 0.5) is 0 Å². The minimum atomic E-state index is -0.0381. The Bertz CT molecular complexity index is 688. The Hall–Kier alpha value is -1.65. The smallest absolute Gasteiger partial charge is 0.230 e. The lowest BCUT2D eigenvalue weighted by Gasteiger charge is -2.14. The number of ether oxygens (including phenoxy) is 1. The van der Waals surface area contributed by atoms with Gasteiger partial charge in [0.15, 0.2) is 0 Å². The van der Waals surface area contributed by atoms with E-state index in [1.54, 1.807) is 18.9 Å². The first-order valence-corrected chi connectivity index (χ1v) is 9.29. The van der Waals surface area contributed by atoms with Gasteiger partial charge in [-0.15, -0.1) is 11.8 Å². The van der Waals surface area contributed by atoms with E-state index in [4.69, 9.17) is 16.3 Å². The highest BCUT2D eigenvalue weighted by Crippen LogP contribution is 2.24. The summed E-state index contributed by atoms with van der Waals surface area (Å²) in [5.41, 5.74) is 3.34. The first-order chi connectivity index (χ1) is 11.5. The van der Waals surface area contributed by atoms with E-state index in [-0.39, 0.29) is 11.9 Å². The number of amides is 1. The summed E-state index contributed by atoms with van der Waals surface area (Å²) in [4.78, 5) is 12.1. The second-order valence-electron chi connectivity index (χ2n) is 5.65. The van der Waals surface area contributed by atoms with Gasteiger partial charge in [-0.1, -0.05) is 41.4 Å². The molecule has 0 aliphatic heterocycles. The summed E-state index contributed by atoms with van der Waals surface area (Å²) in [6.45, 7) is 4.02. The molecule has 0 aliphatic rings. The molecule has 0 bridgehead atoms. The van der Waals surface area contributed by atoms with Crippen molar-refractivity contribution in [3.05, 3.63) is 64.2 Å². The van der Waals surface area contributed by atoms with Crippen LogP contribution in [0.15, 0.2) is 42.5 Å². The van der Waals surface area contributed by atoms with Gasteiger partial charge in [0.2, 0.25) is 5.91 Å². The summed E-state index contributed by atoms with van der Waals surface area (Å²) in [6.07, 6.45) is 0. The maximum atomic E-state index is 12.1. The van der Waals surface area contributed by atoms with E-state index in [0.29, 0.717) is 10.8 Å². The molecule has 2 rings (SSSR count). The van der Waals surface area contributed by atoms with Crippen LogP contribution in [0, 0.1) is 6.92 Å². The molecule has 3 nitrogen and oxygen atoms in total. The number of hydrogen-bond donors (Lipinski definition) is 1. The zero-order chi connectivity index (χ0) is 17.5. The Kier molecular flexibility index (Phi) is 7.00. The number of nitrogens with one attached hydrogen (secondary N) is 1. The van der Waals surface area contributed by atoms with E-state index in [1.165, 1.54) is 5.56 Å². The first kappa shape index (κ1) is 18.7. The fraction of sp³-hybridized carbons (Fsp3) is 0.316. The predicted molar refractivity (Wildman–Crippen MR) is 102 cm³/mol. The Morgan fingerprint density at radius 2 is 1.96 bits per heavy atom. The number of hydrogen-bond acceptors (Lipinski definition) is 3. The molecule has 0 aromatic heterocycles. The van der Waals surface area contributed by atoms with Gasteiger partial charge in [0.25, 0.3) is 0 Å². The molecule has 0 saturated carbocycles. The van der Waals surface area contributed by atoms with Crippen molar-refractivity contribution >= 4 is 29.3 Å². The molecule has 5 heteroatoms. The summed E-state index contributed by atoms with van der Waals surface area (Å²) in [5, 5.41) is 3.70. The number of halogens is 1. The van der Waals surface area contributed by atoms with Crippen molar-refractivity contribution in [3.63, 3.8) is 0 Å². The number of benzene rings is 2. The highest BCUT2D eigenvalue weighted by atomic mass is 35.5. The van der Waals surface area contributed by atoms with E-state index in [1.807, 2.05) is 50.2 Å². The minimum absolute atomic E-state index is 0.0223. The van der Waals surface area contributed by atoms with Crippen molar-refractivity contribution < 1.29 is 9.53 Å². The van der Waals surface area contributed by atoms with Gasteiger partial charge in [-0.2, -0.15) is 0 Å². The van der Waals surface area contributed by atoms with Crippen LogP contribution in [-0.4, -0.2) is 18.8 Å². The molecule has 0 unspecified atom stereocenters. The second kappa shape index (κ2) is 9.00. The molecule has 0 spiro atoms. The van der Waals surface area contributed by atoms with Gasteiger partial charge in [-0.25, -0.2) is 0 Å². The molecular formula is C19H22ClNO2S. The fourth-order valence-electron chi connectivity index (χ4n) is 2.39. The third-order valence-electron chi connectivity index (χ3n) is 3.67. The highest BCUT2D eigenvalue weighted by Gasteiger charge is 2.10. The van der Waals surface area contributed by atoms with Crippen LogP contribution in [0.3, 0.4) is 0 Å². The monoisotopic (exact) mass is 363 g/mol. The highest BCUT2D eigenvalue weighted by molar-refractivity contribution is 7.99. The van der Waals surface area contributed by atoms with Crippen LogP contribution in [-0.2, 0) is 10.5 Å². The number of carbonyl (C=O) groups excluding carboxylic acids is 1. The normalized spacial score (nSPS) is 11.8. The summed E-state index contributed by atoms with van der Waals surface area (Å²) in [6, 6.07) is 13.6. The van der Waals surface area contributed by atoms with Crippen LogP contribution in [0.25, 0.3) is 0 Å². The molecule has 1 N–H and O–H groups in total. The first-order valence-electron chi connectivity index (χ1n) is 7.75. The van der Waals surface area contributed by atoms with Crippen molar-refractivity contribution in [1.82, 2.24) is 5.32 Å². The molecule has 24 heavy (non-hydrogen) atoms. The van der Waals surface area contributed by atoms with E-state index >= 15 is 0 Å². The lowest BCUT2D eigenvalue weighted by molar-refractivity contribution is -0.119. The average molecular weight is 364 g/mol. The molecule has 0 fully saturated rings. The Morgan fingerprint density at radius 1 is 1.25 bits per heavy atom. The quantitative estimate of drug-likeness (QED) is 0.770. The Morgan fingerprint density at radius 3 is 2.62 bits per heavy atom. The van der Waals surface area contributed by atoms with Crippen molar-refractivity contribution in [3.8, 4) is 5.75 Å². The predicted octanol–water partition coefficient (Wildman–Crippen LogP) is 4.77. The van der Waals surface area contributed by atoms with Gasteiger partial charge < -0.3 is 10.1 Å². The molecule has 2 aromatic carbocycles. The maximum absolute atomic E-state index is 12.1. The zero-order valence-electron chi connectivity index (χ0n) is 14.1. The van der Waals surface area contributed by atoms with Crippen LogP contribution in [0.5, 0.6) is 5.75 Å². The van der Waals surface area contributed by atoms with Gasteiger partial charge in [-0.05, 0) is 37.6 Å². The van der Waals surface area contributed by atoms with Crippen LogP contribution in [0.1, 0.15) is 29.7 Å². The largest absolute Gasteiger partial charge is 0.496 e. The molecule has 0 radical (unpaired) electrons. The number of thioether (sulfide) groups is 1. The molecule has 0 aliphatic carbocycles. The van der Waals surface area contributed by atoms with E-state index in [0.717, 1.165) is 22.6 Å². The topological polar surface area (TPSA) is 38.3 Å². The van der Waals surface area contributed by atoms with Crippen molar-refractivity contribution in [2.45, 2.75) is 25.6 Å². The molecule has 2 aromatic rings. The SMILES string of the molecule is COc1ccc(C)cc1CSCC(=O)N[C@H](C)c1ccc(Cl)cc1. The fourth-order valence-corrected chi connectivity index (χ4v) is 3.33. The number of rotatable bonds is 7. The molecule has 0 saturated heterocycles. The molecule has 0 heterocycles. The standard InChI is InChI=1S/C19H22ClNO2S/c1-13-4-9-18(23-3)16(10-13)11-24-12-19(22)21-14(2)15-5-7-17(20)8-6-15/h4-10,14H,11-12H2,1-3H3,(H,21,22)/t14-/m1/s1. The number of aryl methyl sites for hydroxylation is 1. The lowest BCUT2D eigenvalue weighted by Crippen LogP contribution is -2.28. The second-order valence-corrected chi connectivity index (χ2v) is 7.07. The average Bonchev–Trinajstić information content (AvgIpc) is 2.55. The number of carbonyl (C=O) groups is 1. The van der Waals surface area contributed by atoms with Crippen molar-refractivity contribution in [2.24, 2.45) is 0 Å². The molecule has 1 atom stereocenters. The van der Waals surface area contributed by atoms with Crippen LogP contribution < -0.4 is 10.1 Å². The van der Waals surface area contributed by atoms with Crippen molar-refractivity contribution in [1.29, 1.82) is 0 Å². The van der Waals surface area contributed by atoms with Crippen LogP contribution >= 0.6 is 23.4 Å².